The molecular formula is C14H16O2. The van der Waals surface area contributed by atoms with Crippen molar-refractivity contribution in [1.29, 1.82) is 0 Å². The third-order valence-corrected chi connectivity index (χ3v) is 2.34. The minimum absolute atomic E-state index is 0.291. The highest BCUT2D eigenvalue weighted by Crippen LogP contribution is 2.10. The zero-order valence-corrected chi connectivity index (χ0v) is 9.48. The third kappa shape index (κ3) is 3.78. The number of esters is 1. The Balaban J connectivity index is 2.47. The van der Waals surface area contributed by atoms with E-state index in [9.17, 15) is 4.79 Å². The summed E-state index contributed by atoms with van der Waals surface area (Å²) in [4.78, 5) is 11.4. The van der Waals surface area contributed by atoms with Gasteiger partial charge in [-0.1, -0.05) is 36.3 Å². The standard InChI is InChI=1S/C14H16O2/c1-3-13(14(15)16-4-2)11-10-12-8-6-5-7-9-12/h1,5-9,13H,4,10-11H2,2H3. The number of terminal acetylenes is 1. The largest absolute Gasteiger partial charge is 0.465 e. The van der Waals surface area contributed by atoms with Crippen LogP contribution in [0.2, 0.25) is 0 Å². The average Bonchev–Trinajstić information content (AvgIpc) is 2.31. The van der Waals surface area contributed by atoms with E-state index in [1.54, 1.807) is 6.92 Å². The fourth-order valence-corrected chi connectivity index (χ4v) is 1.47. The molecule has 0 N–H and O–H groups in total. The van der Waals surface area contributed by atoms with Gasteiger partial charge >= 0.3 is 5.97 Å². The third-order valence-electron chi connectivity index (χ3n) is 2.34. The molecule has 1 aromatic carbocycles. The molecule has 0 bridgehead atoms. The Hall–Kier alpha value is -1.75. The van der Waals surface area contributed by atoms with Crippen LogP contribution in [0.15, 0.2) is 30.3 Å². The average molecular weight is 216 g/mol. The molecule has 0 aromatic heterocycles. The Morgan fingerprint density at radius 1 is 1.44 bits per heavy atom. The number of benzene rings is 1. The summed E-state index contributed by atoms with van der Waals surface area (Å²) in [5.41, 5.74) is 1.19. The molecule has 0 aliphatic heterocycles. The Morgan fingerprint density at radius 2 is 2.12 bits per heavy atom. The van der Waals surface area contributed by atoms with Gasteiger partial charge < -0.3 is 4.74 Å². The van der Waals surface area contributed by atoms with E-state index in [0.717, 1.165) is 6.42 Å². The van der Waals surface area contributed by atoms with Gasteiger partial charge in [0.2, 0.25) is 0 Å². The van der Waals surface area contributed by atoms with Gasteiger partial charge in [0.15, 0.2) is 0 Å². The molecule has 1 aromatic rings. The summed E-state index contributed by atoms with van der Waals surface area (Å²) in [6.07, 6.45) is 6.76. The van der Waals surface area contributed by atoms with Gasteiger partial charge in [0.05, 0.1) is 6.61 Å². The first-order valence-electron chi connectivity index (χ1n) is 5.44. The maximum absolute atomic E-state index is 11.4. The van der Waals surface area contributed by atoms with Crippen molar-refractivity contribution in [3.05, 3.63) is 35.9 Å². The van der Waals surface area contributed by atoms with Gasteiger partial charge in [-0.3, -0.25) is 4.79 Å². The van der Waals surface area contributed by atoms with E-state index in [1.807, 2.05) is 30.3 Å². The molecule has 2 nitrogen and oxygen atoms in total. The zero-order chi connectivity index (χ0) is 11.8. The molecule has 0 aliphatic rings. The second-order valence-corrected chi connectivity index (χ2v) is 3.50. The summed E-state index contributed by atoms with van der Waals surface area (Å²) in [6, 6.07) is 9.97. The first-order chi connectivity index (χ1) is 7.77. The normalized spacial score (nSPS) is 11.5. The molecule has 16 heavy (non-hydrogen) atoms. The lowest BCUT2D eigenvalue weighted by atomic mass is 10.0. The van der Waals surface area contributed by atoms with Gasteiger partial charge in [0.1, 0.15) is 5.92 Å². The van der Waals surface area contributed by atoms with Crippen molar-refractivity contribution < 1.29 is 9.53 Å². The summed E-state index contributed by atoms with van der Waals surface area (Å²) in [5.74, 6) is 1.76. The molecule has 1 unspecified atom stereocenters. The summed E-state index contributed by atoms with van der Waals surface area (Å²) >= 11 is 0. The molecule has 0 fully saturated rings. The molecule has 0 heterocycles. The van der Waals surface area contributed by atoms with E-state index in [4.69, 9.17) is 11.2 Å². The maximum Gasteiger partial charge on any atom is 0.321 e. The van der Waals surface area contributed by atoms with Crippen molar-refractivity contribution in [2.45, 2.75) is 19.8 Å². The van der Waals surface area contributed by atoms with E-state index in [2.05, 4.69) is 5.92 Å². The van der Waals surface area contributed by atoms with Crippen LogP contribution < -0.4 is 0 Å². The Labute approximate surface area is 96.6 Å². The second-order valence-electron chi connectivity index (χ2n) is 3.50. The Morgan fingerprint density at radius 3 is 2.69 bits per heavy atom. The van der Waals surface area contributed by atoms with Crippen LogP contribution in [0.25, 0.3) is 0 Å². The van der Waals surface area contributed by atoms with Crippen molar-refractivity contribution in [2.24, 2.45) is 5.92 Å². The highest BCUT2D eigenvalue weighted by atomic mass is 16.5. The van der Waals surface area contributed by atoms with Crippen molar-refractivity contribution in [3.63, 3.8) is 0 Å². The van der Waals surface area contributed by atoms with E-state index < -0.39 is 5.92 Å². The van der Waals surface area contributed by atoms with Gasteiger partial charge in [0, 0.05) is 0 Å². The van der Waals surface area contributed by atoms with Crippen LogP contribution in [-0.4, -0.2) is 12.6 Å². The fraction of sp³-hybridized carbons (Fsp3) is 0.357. The second kappa shape index (κ2) is 6.68. The summed E-state index contributed by atoms with van der Waals surface area (Å²) < 4.78 is 4.90. The molecule has 1 atom stereocenters. The Kier molecular flexibility index (Phi) is 5.15. The fourth-order valence-electron chi connectivity index (χ4n) is 1.47. The van der Waals surface area contributed by atoms with Crippen LogP contribution in [-0.2, 0) is 16.0 Å². The molecule has 2 heteroatoms. The number of ether oxygens (including phenoxy) is 1. The minimum Gasteiger partial charge on any atom is -0.465 e. The summed E-state index contributed by atoms with van der Waals surface area (Å²) in [7, 11) is 0. The molecule has 84 valence electrons. The number of hydrogen-bond acceptors (Lipinski definition) is 2. The van der Waals surface area contributed by atoms with Gasteiger partial charge in [-0.2, -0.15) is 0 Å². The van der Waals surface area contributed by atoms with Gasteiger partial charge in [0.25, 0.3) is 0 Å². The first-order valence-corrected chi connectivity index (χ1v) is 5.44. The molecular weight excluding hydrogens is 200 g/mol. The van der Waals surface area contributed by atoms with E-state index in [1.165, 1.54) is 5.56 Å². The molecule has 0 saturated heterocycles. The first kappa shape index (κ1) is 12.3. The van der Waals surface area contributed by atoms with Crippen LogP contribution in [0, 0.1) is 18.3 Å². The predicted octanol–water partition coefficient (Wildman–Crippen LogP) is 2.43. The number of rotatable bonds is 5. The van der Waals surface area contributed by atoms with Crippen molar-refractivity contribution in [2.75, 3.05) is 6.61 Å². The monoisotopic (exact) mass is 216 g/mol. The van der Waals surface area contributed by atoms with E-state index in [0.29, 0.717) is 13.0 Å². The molecule has 0 amide bonds. The molecule has 0 aliphatic carbocycles. The number of hydrogen-bond donors (Lipinski definition) is 0. The van der Waals surface area contributed by atoms with Crippen LogP contribution in [0.4, 0.5) is 0 Å². The molecule has 0 spiro atoms. The predicted molar refractivity (Wildman–Crippen MR) is 63.7 cm³/mol. The molecule has 0 radical (unpaired) electrons. The van der Waals surface area contributed by atoms with Crippen LogP contribution >= 0.6 is 0 Å². The highest BCUT2D eigenvalue weighted by Gasteiger charge is 2.16. The van der Waals surface area contributed by atoms with Crippen molar-refractivity contribution >= 4 is 5.97 Å². The maximum atomic E-state index is 11.4. The highest BCUT2D eigenvalue weighted by molar-refractivity contribution is 5.75. The van der Waals surface area contributed by atoms with E-state index in [-0.39, 0.29) is 5.97 Å². The number of carbonyl (C=O) groups excluding carboxylic acids is 1. The molecule has 1 rings (SSSR count). The van der Waals surface area contributed by atoms with Crippen LogP contribution in [0.3, 0.4) is 0 Å². The van der Waals surface area contributed by atoms with E-state index >= 15 is 0 Å². The number of aryl methyl sites for hydroxylation is 1. The lowest BCUT2D eigenvalue weighted by molar-refractivity contribution is -0.146. The van der Waals surface area contributed by atoms with Crippen LogP contribution in [0.1, 0.15) is 18.9 Å². The number of carbonyl (C=O) groups is 1. The lowest BCUT2D eigenvalue weighted by Crippen LogP contribution is -2.16. The van der Waals surface area contributed by atoms with Crippen molar-refractivity contribution in [1.82, 2.24) is 0 Å². The quantitative estimate of drug-likeness (QED) is 0.558. The SMILES string of the molecule is C#CC(CCc1ccccc1)C(=O)OCC. The van der Waals surface area contributed by atoms with Crippen LogP contribution in [0.5, 0.6) is 0 Å². The minimum atomic E-state index is -0.430. The van der Waals surface area contributed by atoms with Crippen molar-refractivity contribution in [3.8, 4) is 12.3 Å². The molecule has 0 saturated carbocycles. The smallest absolute Gasteiger partial charge is 0.321 e. The summed E-state index contributed by atoms with van der Waals surface area (Å²) in [6.45, 7) is 2.16. The van der Waals surface area contributed by atoms with Gasteiger partial charge in [-0.15, -0.1) is 6.42 Å². The lowest BCUT2D eigenvalue weighted by Gasteiger charge is -2.09. The zero-order valence-electron chi connectivity index (χ0n) is 9.48. The van der Waals surface area contributed by atoms with Gasteiger partial charge in [-0.05, 0) is 25.3 Å². The Bertz CT molecular complexity index is 362. The van der Waals surface area contributed by atoms with Gasteiger partial charge in [-0.25, -0.2) is 0 Å². The summed E-state index contributed by atoms with van der Waals surface area (Å²) in [5, 5.41) is 0. The topological polar surface area (TPSA) is 26.3 Å².